The summed E-state index contributed by atoms with van der Waals surface area (Å²) in [7, 11) is 0. The smallest absolute Gasteiger partial charge is 0.309 e. The fraction of sp³-hybridized carbons (Fsp3) is 0.0667. The van der Waals surface area contributed by atoms with Gasteiger partial charge in [0.25, 0.3) is 0 Å². The SMILES string of the molecule is NC(=O)C(=O)NC(c1ccccc1)c1ccccc1. The van der Waals surface area contributed by atoms with Crippen LogP contribution < -0.4 is 11.1 Å². The van der Waals surface area contributed by atoms with Crippen LogP contribution >= 0.6 is 0 Å². The zero-order valence-electron chi connectivity index (χ0n) is 10.2. The van der Waals surface area contributed by atoms with Crippen LogP contribution in [0.4, 0.5) is 0 Å². The molecular weight excluding hydrogens is 240 g/mol. The number of carbonyl (C=O) groups is 2. The first-order chi connectivity index (χ1) is 9.18. The molecule has 0 atom stereocenters. The number of hydrogen-bond acceptors (Lipinski definition) is 2. The van der Waals surface area contributed by atoms with Gasteiger partial charge in [-0.15, -0.1) is 0 Å². The number of amides is 2. The molecule has 0 bridgehead atoms. The molecular formula is C15H14N2O2. The number of hydrogen-bond donors (Lipinski definition) is 2. The lowest BCUT2D eigenvalue weighted by Gasteiger charge is -2.18. The molecule has 0 saturated heterocycles. The van der Waals surface area contributed by atoms with Crippen molar-refractivity contribution in [3.63, 3.8) is 0 Å². The van der Waals surface area contributed by atoms with E-state index in [1.807, 2.05) is 60.7 Å². The lowest BCUT2D eigenvalue weighted by molar-refractivity contribution is -0.137. The lowest BCUT2D eigenvalue weighted by Crippen LogP contribution is -2.38. The number of benzene rings is 2. The van der Waals surface area contributed by atoms with E-state index < -0.39 is 11.8 Å². The third-order valence-electron chi connectivity index (χ3n) is 2.77. The van der Waals surface area contributed by atoms with Gasteiger partial charge in [-0.1, -0.05) is 60.7 Å². The fourth-order valence-corrected chi connectivity index (χ4v) is 1.85. The summed E-state index contributed by atoms with van der Waals surface area (Å²) in [6.45, 7) is 0. The minimum absolute atomic E-state index is 0.387. The lowest BCUT2D eigenvalue weighted by atomic mass is 9.99. The maximum absolute atomic E-state index is 11.5. The molecule has 0 heterocycles. The second-order valence-electron chi connectivity index (χ2n) is 4.09. The first-order valence-corrected chi connectivity index (χ1v) is 5.88. The van der Waals surface area contributed by atoms with Gasteiger partial charge in [0.15, 0.2) is 0 Å². The second-order valence-corrected chi connectivity index (χ2v) is 4.09. The molecule has 0 fully saturated rings. The Labute approximate surface area is 111 Å². The summed E-state index contributed by atoms with van der Waals surface area (Å²) in [4.78, 5) is 22.4. The summed E-state index contributed by atoms with van der Waals surface area (Å²) >= 11 is 0. The van der Waals surface area contributed by atoms with E-state index in [9.17, 15) is 9.59 Å². The summed E-state index contributed by atoms with van der Waals surface area (Å²) in [5.74, 6) is -1.78. The molecule has 0 spiro atoms. The van der Waals surface area contributed by atoms with Crippen molar-refractivity contribution in [3.05, 3.63) is 71.8 Å². The Hall–Kier alpha value is -2.62. The molecule has 3 N–H and O–H groups in total. The molecule has 0 aliphatic carbocycles. The predicted molar refractivity (Wildman–Crippen MR) is 72.1 cm³/mol. The van der Waals surface area contributed by atoms with E-state index >= 15 is 0 Å². The molecule has 2 rings (SSSR count). The average molecular weight is 254 g/mol. The van der Waals surface area contributed by atoms with Gasteiger partial charge in [0, 0.05) is 0 Å². The summed E-state index contributed by atoms with van der Waals surface area (Å²) in [6, 6.07) is 18.5. The van der Waals surface area contributed by atoms with Crippen molar-refractivity contribution in [1.82, 2.24) is 5.32 Å². The van der Waals surface area contributed by atoms with Crippen LogP contribution in [-0.4, -0.2) is 11.8 Å². The summed E-state index contributed by atoms with van der Waals surface area (Å²) in [5, 5.41) is 2.64. The molecule has 2 aromatic carbocycles. The van der Waals surface area contributed by atoms with Crippen molar-refractivity contribution in [2.75, 3.05) is 0 Å². The zero-order valence-corrected chi connectivity index (χ0v) is 10.2. The van der Waals surface area contributed by atoms with Gasteiger partial charge in [-0.25, -0.2) is 0 Å². The van der Waals surface area contributed by atoms with Crippen LogP contribution in [0.3, 0.4) is 0 Å². The molecule has 4 heteroatoms. The summed E-state index contributed by atoms with van der Waals surface area (Å²) in [5.41, 5.74) is 6.77. The third kappa shape index (κ3) is 3.19. The highest BCUT2D eigenvalue weighted by atomic mass is 16.2. The van der Waals surface area contributed by atoms with Crippen molar-refractivity contribution in [1.29, 1.82) is 0 Å². The van der Waals surface area contributed by atoms with Gasteiger partial charge in [0.2, 0.25) is 0 Å². The molecule has 2 aromatic rings. The van der Waals surface area contributed by atoms with Crippen LogP contribution in [0.2, 0.25) is 0 Å². The van der Waals surface area contributed by atoms with Crippen LogP contribution in [0.5, 0.6) is 0 Å². The number of rotatable bonds is 3. The Morgan fingerprint density at radius 2 is 1.26 bits per heavy atom. The van der Waals surface area contributed by atoms with E-state index in [2.05, 4.69) is 5.32 Å². The molecule has 0 aromatic heterocycles. The van der Waals surface area contributed by atoms with E-state index in [4.69, 9.17) is 5.73 Å². The third-order valence-corrected chi connectivity index (χ3v) is 2.77. The fourth-order valence-electron chi connectivity index (χ4n) is 1.85. The van der Waals surface area contributed by atoms with Gasteiger partial charge in [-0.05, 0) is 11.1 Å². The predicted octanol–water partition coefficient (Wildman–Crippen LogP) is 1.38. The van der Waals surface area contributed by atoms with Crippen LogP contribution in [0.15, 0.2) is 60.7 Å². The number of primary amides is 1. The maximum Gasteiger partial charge on any atom is 0.309 e. The highest BCUT2D eigenvalue weighted by Crippen LogP contribution is 2.21. The molecule has 0 aliphatic heterocycles. The van der Waals surface area contributed by atoms with Gasteiger partial charge >= 0.3 is 11.8 Å². The Bertz CT molecular complexity index is 528. The topological polar surface area (TPSA) is 72.2 Å². The van der Waals surface area contributed by atoms with E-state index in [1.165, 1.54) is 0 Å². The average Bonchev–Trinajstić information content (AvgIpc) is 2.46. The quantitative estimate of drug-likeness (QED) is 0.812. The summed E-state index contributed by atoms with van der Waals surface area (Å²) < 4.78 is 0. The van der Waals surface area contributed by atoms with Crippen LogP contribution in [-0.2, 0) is 9.59 Å². The molecule has 4 nitrogen and oxygen atoms in total. The number of nitrogens with one attached hydrogen (secondary N) is 1. The highest BCUT2D eigenvalue weighted by molar-refractivity contribution is 6.34. The standard InChI is InChI=1S/C15H14N2O2/c16-14(18)15(19)17-13(11-7-3-1-4-8-11)12-9-5-2-6-10-12/h1-10,13H,(H2,16,18)(H,17,19). The van der Waals surface area contributed by atoms with Gasteiger partial charge in [-0.2, -0.15) is 0 Å². The monoisotopic (exact) mass is 254 g/mol. The van der Waals surface area contributed by atoms with Crippen molar-refractivity contribution in [2.45, 2.75) is 6.04 Å². The molecule has 2 amide bonds. The van der Waals surface area contributed by atoms with Gasteiger partial charge in [-0.3, -0.25) is 9.59 Å². The molecule has 96 valence electrons. The van der Waals surface area contributed by atoms with Crippen molar-refractivity contribution in [2.24, 2.45) is 5.73 Å². The first-order valence-electron chi connectivity index (χ1n) is 5.88. The Kier molecular flexibility index (Phi) is 3.93. The molecule has 0 saturated carbocycles. The maximum atomic E-state index is 11.5. The van der Waals surface area contributed by atoms with Crippen molar-refractivity contribution in [3.8, 4) is 0 Å². The highest BCUT2D eigenvalue weighted by Gasteiger charge is 2.18. The summed E-state index contributed by atoms with van der Waals surface area (Å²) in [6.07, 6.45) is 0. The largest absolute Gasteiger partial charge is 0.361 e. The zero-order chi connectivity index (χ0) is 13.7. The molecule has 19 heavy (non-hydrogen) atoms. The Balaban J connectivity index is 2.34. The Morgan fingerprint density at radius 3 is 1.63 bits per heavy atom. The van der Waals surface area contributed by atoms with Crippen LogP contribution in [0.25, 0.3) is 0 Å². The van der Waals surface area contributed by atoms with Gasteiger partial charge < -0.3 is 11.1 Å². The van der Waals surface area contributed by atoms with Gasteiger partial charge in [0.05, 0.1) is 6.04 Å². The van der Waals surface area contributed by atoms with Crippen LogP contribution in [0.1, 0.15) is 17.2 Å². The minimum Gasteiger partial charge on any atom is -0.361 e. The van der Waals surface area contributed by atoms with Crippen molar-refractivity contribution >= 4 is 11.8 Å². The molecule has 0 radical (unpaired) electrons. The van der Waals surface area contributed by atoms with Crippen LogP contribution in [0, 0.1) is 0 Å². The van der Waals surface area contributed by atoms with E-state index in [0.717, 1.165) is 11.1 Å². The second kappa shape index (κ2) is 5.82. The number of nitrogens with two attached hydrogens (primary N) is 1. The Morgan fingerprint density at radius 1 is 0.842 bits per heavy atom. The van der Waals surface area contributed by atoms with Gasteiger partial charge in [0.1, 0.15) is 0 Å². The van der Waals surface area contributed by atoms with Crippen molar-refractivity contribution < 1.29 is 9.59 Å². The van der Waals surface area contributed by atoms with E-state index in [-0.39, 0.29) is 6.04 Å². The number of carbonyl (C=O) groups excluding carboxylic acids is 2. The first kappa shape index (κ1) is 12.8. The minimum atomic E-state index is -0.989. The van der Waals surface area contributed by atoms with E-state index in [0.29, 0.717) is 0 Å². The molecule has 0 unspecified atom stereocenters. The molecule has 0 aliphatic rings. The van der Waals surface area contributed by atoms with E-state index in [1.54, 1.807) is 0 Å². The normalized spacial score (nSPS) is 10.2.